The van der Waals surface area contributed by atoms with Crippen LogP contribution in [0.4, 0.5) is 0 Å². The quantitative estimate of drug-likeness (QED) is 0.0402. The highest BCUT2D eigenvalue weighted by molar-refractivity contribution is 6.74. The van der Waals surface area contributed by atoms with Gasteiger partial charge < -0.3 is 14.3 Å². The number of carbonyl (C=O) groups is 1. The van der Waals surface area contributed by atoms with Crippen molar-refractivity contribution >= 4 is 14.3 Å². The normalized spacial score (nSPS) is 13.6. The van der Waals surface area contributed by atoms with Gasteiger partial charge in [-0.15, -0.1) is 0 Å². The Kier molecular flexibility index (Phi) is 32.2. The molecule has 0 rings (SSSR count). The third-order valence-electron chi connectivity index (χ3n) is 11.2. The van der Waals surface area contributed by atoms with Gasteiger partial charge in [0.15, 0.2) is 8.32 Å². The topological polar surface area (TPSA) is 55.8 Å². The lowest BCUT2D eigenvalue weighted by atomic mass is 9.91. The minimum absolute atomic E-state index is 0.0392. The van der Waals surface area contributed by atoms with Crippen molar-refractivity contribution in [3.63, 3.8) is 0 Å². The Morgan fingerprint density at radius 3 is 1.17 bits per heavy atom. The van der Waals surface area contributed by atoms with E-state index in [0.717, 1.165) is 38.5 Å². The van der Waals surface area contributed by atoms with Crippen LogP contribution in [0.3, 0.4) is 0 Å². The summed E-state index contributed by atoms with van der Waals surface area (Å²) in [5, 5.41) is 9.12. The van der Waals surface area contributed by atoms with E-state index in [9.17, 15) is 4.79 Å². The molecule has 0 amide bonds. The Morgan fingerprint density at radius 2 is 0.854 bits per heavy atom. The molecule has 0 saturated carbocycles. The molecule has 0 aliphatic rings. The fraction of sp³-hybridized carbons (Fsp3) is 0.977. The van der Waals surface area contributed by atoms with Crippen molar-refractivity contribution in [3.05, 3.63) is 0 Å². The van der Waals surface area contributed by atoms with Crippen LogP contribution in [-0.2, 0) is 14.0 Å². The minimum Gasteiger partial charge on any atom is -0.469 e. The number of methoxy groups -OCH3 is 1. The molecule has 0 aromatic heterocycles. The summed E-state index contributed by atoms with van der Waals surface area (Å²) in [6, 6.07) is 0. The zero-order valence-corrected chi connectivity index (χ0v) is 35.0. The summed E-state index contributed by atoms with van der Waals surface area (Å²) in [7, 11) is -0.464. The summed E-state index contributed by atoms with van der Waals surface area (Å²) >= 11 is 0. The smallest absolute Gasteiger partial charge is 0.311 e. The van der Waals surface area contributed by atoms with Crippen molar-refractivity contribution in [2.24, 2.45) is 5.92 Å². The van der Waals surface area contributed by atoms with Crippen LogP contribution < -0.4 is 0 Å². The molecule has 1 N–H and O–H groups in total. The molecule has 48 heavy (non-hydrogen) atoms. The summed E-state index contributed by atoms with van der Waals surface area (Å²) in [6.07, 6.45) is 40.4. The molecular formula is C43H88O4Si. The van der Waals surface area contributed by atoms with Gasteiger partial charge in [0, 0.05) is 6.61 Å². The van der Waals surface area contributed by atoms with Gasteiger partial charge in [0.05, 0.1) is 19.1 Å². The first-order chi connectivity index (χ1) is 23.1. The average Bonchev–Trinajstić information content (AvgIpc) is 3.05. The zero-order chi connectivity index (χ0) is 35.8. The molecule has 0 aliphatic carbocycles. The van der Waals surface area contributed by atoms with E-state index in [1.807, 2.05) is 0 Å². The highest BCUT2D eigenvalue weighted by Gasteiger charge is 2.42. The molecule has 0 radical (unpaired) electrons. The van der Waals surface area contributed by atoms with Gasteiger partial charge in [0.2, 0.25) is 0 Å². The molecule has 0 saturated heterocycles. The molecule has 0 bridgehead atoms. The van der Waals surface area contributed by atoms with E-state index in [-0.39, 0.29) is 23.0 Å². The first-order valence-corrected chi connectivity index (χ1v) is 24.4. The molecule has 0 aromatic carbocycles. The molecule has 5 heteroatoms. The molecule has 0 aliphatic heterocycles. The number of hydrogen-bond acceptors (Lipinski definition) is 4. The standard InChI is InChI=1S/C43H88O4Si/c1-8-9-10-11-12-13-14-15-16-17-18-19-20-21-22-23-24-25-26-28-31-34-37-40(42(45)46-5)41(47-48(6,7)43(2,3)4)38-35-32-29-27-30-33-36-39-44/h40-41,44H,8-39H2,1-7H3/t40?,41-/m1/s1. The van der Waals surface area contributed by atoms with Crippen LogP contribution in [0.15, 0.2) is 0 Å². The van der Waals surface area contributed by atoms with Crippen molar-refractivity contribution in [3.8, 4) is 0 Å². The van der Waals surface area contributed by atoms with E-state index in [0.29, 0.717) is 6.61 Å². The monoisotopic (exact) mass is 697 g/mol. The maximum atomic E-state index is 13.1. The molecule has 0 aromatic rings. The molecule has 1 unspecified atom stereocenters. The van der Waals surface area contributed by atoms with E-state index in [4.69, 9.17) is 14.3 Å². The van der Waals surface area contributed by atoms with Crippen LogP contribution in [-0.4, -0.2) is 39.2 Å². The van der Waals surface area contributed by atoms with Crippen molar-refractivity contribution in [1.29, 1.82) is 0 Å². The Hall–Kier alpha value is -0.393. The molecule has 4 nitrogen and oxygen atoms in total. The van der Waals surface area contributed by atoms with E-state index < -0.39 is 8.32 Å². The predicted octanol–water partition coefficient (Wildman–Crippen LogP) is 14.3. The Labute approximate surface area is 303 Å². The summed E-state index contributed by atoms with van der Waals surface area (Å²) in [4.78, 5) is 13.1. The highest BCUT2D eigenvalue weighted by atomic mass is 28.4. The number of hydrogen-bond donors (Lipinski definition) is 1. The second-order valence-corrected chi connectivity index (χ2v) is 21.5. The summed E-state index contributed by atoms with van der Waals surface area (Å²) < 4.78 is 12.3. The number of unbranched alkanes of at least 4 members (excludes halogenated alkanes) is 27. The number of ether oxygens (including phenoxy) is 1. The molecule has 2 atom stereocenters. The Morgan fingerprint density at radius 1 is 0.542 bits per heavy atom. The first kappa shape index (κ1) is 47.6. The van der Waals surface area contributed by atoms with Crippen LogP contribution in [0.5, 0.6) is 0 Å². The lowest BCUT2D eigenvalue weighted by molar-refractivity contribution is -0.149. The van der Waals surface area contributed by atoms with Gasteiger partial charge in [-0.25, -0.2) is 0 Å². The van der Waals surface area contributed by atoms with Crippen LogP contribution in [0.1, 0.15) is 227 Å². The highest BCUT2D eigenvalue weighted by Crippen LogP contribution is 2.39. The fourth-order valence-corrected chi connectivity index (χ4v) is 8.21. The lowest BCUT2D eigenvalue weighted by Gasteiger charge is -2.41. The second-order valence-electron chi connectivity index (χ2n) is 16.7. The van der Waals surface area contributed by atoms with E-state index in [1.165, 1.54) is 161 Å². The molecule has 0 spiro atoms. The molecule has 288 valence electrons. The Bertz CT molecular complexity index is 689. The third-order valence-corrected chi connectivity index (χ3v) is 15.7. The minimum atomic E-state index is -2.01. The van der Waals surface area contributed by atoms with Gasteiger partial charge in [-0.2, -0.15) is 0 Å². The van der Waals surface area contributed by atoms with E-state index in [2.05, 4.69) is 40.8 Å². The number of rotatable bonds is 36. The van der Waals surface area contributed by atoms with Crippen molar-refractivity contribution < 1.29 is 19.1 Å². The van der Waals surface area contributed by atoms with Gasteiger partial charge in [0.1, 0.15) is 0 Å². The van der Waals surface area contributed by atoms with Crippen LogP contribution >= 0.6 is 0 Å². The van der Waals surface area contributed by atoms with Crippen LogP contribution in [0, 0.1) is 5.92 Å². The zero-order valence-electron chi connectivity index (χ0n) is 34.0. The van der Waals surface area contributed by atoms with Gasteiger partial charge in [-0.3, -0.25) is 4.79 Å². The SMILES string of the molecule is CCCCCCCCCCCCCCCCCCCCCCCCC(C(=O)OC)[C@@H](CCCCCCCCCO)O[Si](C)(C)C(C)(C)C. The number of aliphatic hydroxyl groups is 1. The van der Waals surface area contributed by atoms with Gasteiger partial charge >= 0.3 is 5.97 Å². The van der Waals surface area contributed by atoms with E-state index >= 15 is 0 Å². The van der Waals surface area contributed by atoms with Gasteiger partial charge in [-0.05, 0) is 37.4 Å². The summed E-state index contributed by atoms with van der Waals surface area (Å²) in [5.74, 6) is -0.231. The summed E-state index contributed by atoms with van der Waals surface area (Å²) in [6.45, 7) is 14.1. The number of carbonyl (C=O) groups excluding carboxylic acids is 1. The number of aliphatic hydroxyl groups excluding tert-OH is 1. The summed E-state index contributed by atoms with van der Waals surface area (Å²) in [5.41, 5.74) is 0. The Balaban J connectivity index is 4.17. The van der Waals surface area contributed by atoms with E-state index in [1.54, 1.807) is 7.11 Å². The van der Waals surface area contributed by atoms with Crippen molar-refractivity contribution in [2.75, 3.05) is 13.7 Å². The van der Waals surface area contributed by atoms with Gasteiger partial charge in [-0.1, -0.05) is 207 Å². The van der Waals surface area contributed by atoms with Crippen LogP contribution in [0.25, 0.3) is 0 Å². The van der Waals surface area contributed by atoms with Crippen LogP contribution in [0.2, 0.25) is 18.1 Å². The average molecular weight is 697 g/mol. The third kappa shape index (κ3) is 27.3. The number of esters is 1. The van der Waals surface area contributed by atoms with Crippen molar-refractivity contribution in [2.45, 2.75) is 251 Å². The maximum absolute atomic E-state index is 13.1. The lowest BCUT2D eigenvalue weighted by Crippen LogP contribution is -2.47. The molecule has 0 fully saturated rings. The largest absolute Gasteiger partial charge is 0.469 e. The predicted molar refractivity (Wildman–Crippen MR) is 213 cm³/mol. The second kappa shape index (κ2) is 32.5. The van der Waals surface area contributed by atoms with Crippen molar-refractivity contribution in [1.82, 2.24) is 0 Å². The molecular weight excluding hydrogens is 609 g/mol. The van der Waals surface area contributed by atoms with Gasteiger partial charge in [0.25, 0.3) is 0 Å². The molecule has 0 heterocycles. The first-order valence-electron chi connectivity index (χ1n) is 21.5. The maximum Gasteiger partial charge on any atom is 0.311 e. The fourth-order valence-electron chi connectivity index (χ4n) is 6.82.